The molecule has 158 valence electrons. The Morgan fingerprint density at radius 3 is 2.63 bits per heavy atom. The molecule has 3 aromatic rings. The van der Waals surface area contributed by atoms with Crippen LogP contribution in [0.25, 0.3) is 0 Å². The predicted molar refractivity (Wildman–Crippen MR) is 112 cm³/mol. The smallest absolute Gasteiger partial charge is 0.348 e. The van der Waals surface area contributed by atoms with Crippen molar-refractivity contribution in [2.45, 2.75) is 45.1 Å². The number of rotatable bonds is 7. The Morgan fingerprint density at radius 1 is 1.27 bits per heavy atom. The normalized spacial score (nSPS) is 17.9. The van der Waals surface area contributed by atoms with Crippen LogP contribution < -0.4 is 0 Å². The van der Waals surface area contributed by atoms with E-state index in [9.17, 15) is 9.59 Å². The molecule has 10 heteroatoms. The number of aromatic amines is 1. The summed E-state index contributed by atoms with van der Waals surface area (Å²) in [4.78, 5) is 26.9. The van der Waals surface area contributed by atoms with Gasteiger partial charge >= 0.3 is 5.97 Å². The zero-order chi connectivity index (χ0) is 21.3. The highest BCUT2D eigenvalue weighted by Crippen LogP contribution is 2.51. The highest BCUT2D eigenvalue weighted by Gasteiger charge is 2.47. The van der Waals surface area contributed by atoms with Gasteiger partial charge in [0.1, 0.15) is 11.5 Å². The van der Waals surface area contributed by atoms with Gasteiger partial charge < -0.3 is 9.47 Å². The second kappa shape index (κ2) is 8.27. The standard InChI is InChI=1S/C20H22N4O4S2/c1-11(2)8-20(19-21-23-24-22-19)13-6-12(9-28-10-25)29-15(13)4-5-16-14(20)7-17(30-16)18(26)27-3/h6-7,10-11H,4-5,8-9H2,1-3H3,(H,21,22,23,24). The molecule has 30 heavy (non-hydrogen) atoms. The Bertz CT molecular complexity index is 1060. The van der Waals surface area contributed by atoms with Crippen molar-refractivity contribution in [2.75, 3.05) is 7.11 Å². The largest absolute Gasteiger partial charge is 0.465 e. The molecule has 0 radical (unpaired) electrons. The van der Waals surface area contributed by atoms with E-state index in [-0.39, 0.29) is 12.6 Å². The summed E-state index contributed by atoms with van der Waals surface area (Å²) in [7, 11) is 1.39. The average molecular weight is 447 g/mol. The van der Waals surface area contributed by atoms with Gasteiger partial charge in [-0.05, 0) is 48.4 Å². The van der Waals surface area contributed by atoms with Gasteiger partial charge in [-0.1, -0.05) is 19.1 Å². The molecule has 0 aromatic carbocycles. The summed E-state index contributed by atoms with van der Waals surface area (Å²) in [6.45, 7) is 5.01. The Kier molecular flexibility index (Phi) is 5.70. The Labute approximate surface area is 181 Å². The van der Waals surface area contributed by atoms with Crippen LogP contribution in [-0.4, -0.2) is 40.2 Å². The number of carbonyl (C=O) groups excluding carboxylic acids is 2. The molecule has 3 heterocycles. The van der Waals surface area contributed by atoms with Crippen LogP contribution in [0.15, 0.2) is 12.1 Å². The molecule has 3 aromatic heterocycles. The maximum Gasteiger partial charge on any atom is 0.348 e. The molecule has 1 aliphatic rings. The minimum atomic E-state index is -0.652. The molecule has 0 amide bonds. The number of hydrogen-bond acceptors (Lipinski definition) is 9. The van der Waals surface area contributed by atoms with Crippen LogP contribution >= 0.6 is 22.7 Å². The van der Waals surface area contributed by atoms with E-state index in [1.165, 1.54) is 23.3 Å². The summed E-state index contributed by atoms with van der Waals surface area (Å²) < 4.78 is 9.99. The lowest BCUT2D eigenvalue weighted by Crippen LogP contribution is -2.33. The van der Waals surface area contributed by atoms with E-state index in [0.29, 0.717) is 23.1 Å². The van der Waals surface area contributed by atoms with Gasteiger partial charge in [0.2, 0.25) is 0 Å². The maximum absolute atomic E-state index is 12.3. The van der Waals surface area contributed by atoms with Gasteiger partial charge in [-0.2, -0.15) is 5.21 Å². The van der Waals surface area contributed by atoms with Gasteiger partial charge in [-0.3, -0.25) is 4.79 Å². The van der Waals surface area contributed by atoms with Crippen molar-refractivity contribution < 1.29 is 19.1 Å². The quantitative estimate of drug-likeness (QED) is 0.438. The molecule has 1 unspecified atom stereocenters. The second-order valence-corrected chi connectivity index (χ2v) is 9.99. The van der Waals surface area contributed by atoms with Crippen molar-refractivity contribution in [2.24, 2.45) is 5.92 Å². The van der Waals surface area contributed by atoms with E-state index in [1.54, 1.807) is 11.3 Å². The molecule has 0 fully saturated rings. The van der Waals surface area contributed by atoms with Crippen LogP contribution in [0.2, 0.25) is 0 Å². The molecule has 4 rings (SSSR count). The topological polar surface area (TPSA) is 107 Å². The first-order valence-electron chi connectivity index (χ1n) is 9.62. The number of nitrogens with zero attached hydrogens (tertiary/aromatic N) is 3. The summed E-state index contributed by atoms with van der Waals surface area (Å²) in [5.41, 5.74) is 1.48. The SMILES string of the molecule is COC(=O)c1cc2c(s1)CCc1sc(COC=O)cc1C2(CC(C)C)c1nn[nH]n1. The van der Waals surface area contributed by atoms with Crippen molar-refractivity contribution in [3.63, 3.8) is 0 Å². The van der Waals surface area contributed by atoms with Crippen LogP contribution in [0.5, 0.6) is 0 Å². The van der Waals surface area contributed by atoms with Gasteiger partial charge in [0.15, 0.2) is 5.82 Å². The number of ether oxygens (including phenoxy) is 2. The van der Waals surface area contributed by atoms with Gasteiger partial charge in [0.05, 0.1) is 12.5 Å². The van der Waals surface area contributed by atoms with E-state index in [4.69, 9.17) is 9.47 Å². The third kappa shape index (κ3) is 3.43. The highest BCUT2D eigenvalue weighted by atomic mass is 32.1. The molecule has 1 N–H and O–H groups in total. The number of thiophene rings is 2. The molecule has 0 bridgehead atoms. The van der Waals surface area contributed by atoms with Crippen LogP contribution in [0, 0.1) is 5.92 Å². The molecule has 0 saturated carbocycles. The molecular formula is C20H22N4O4S2. The predicted octanol–water partition coefficient (Wildman–Crippen LogP) is 3.26. The first-order chi connectivity index (χ1) is 14.5. The number of H-pyrrole nitrogens is 1. The minimum Gasteiger partial charge on any atom is -0.465 e. The van der Waals surface area contributed by atoms with E-state index in [1.807, 2.05) is 6.07 Å². The molecule has 8 nitrogen and oxygen atoms in total. The van der Waals surface area contributed by atoms with Crippen LogP contribution in [-0.2, 0) is 39.1 Å². The summed E-state index contributed by atoms with van der Waals surface area (Å²) >= 11 is 3.12. The third-order valence-corrected chi connectivity index (χ3v) is 7.63. The summed E-state index contributed by atoms with van der Waals surface area (Å²) in [6.07, 6.45) is 2.37. The number of aryl methyl sites for hydroxylation is 2. The highest BCUT2D eigenvalue weighted by molar-refractivity contribution is 7.14. The lowest BCUT2D eigenvalue weighted by atomic mass is 9.69. The summed E-state index contributed by atoms with van der Waals surface area (Å²) in [5.74, 6) is 0.555. The average Bonchev–Trinajstić information content (AvgIpc) is 3.47. The zero-order valence-electron chi connectivity index (χ0n) is 16.9. The van der Waals surface area contributed by atoms with E-state index in [2.05, 4.69) is 40.5 Å². The first kappa shape index (κ1) is 20.7. The fourth-order valence-electron chi connectivity index (χ4n) is 4.27. The summed E-state index contributed by atoms with van der Waals surface area (Å²) in [5, 5.41) is 15.3. The first-order valence-corrected chi connectivity index (χ1v) is 11.3. The third-order valence-electron chi connectivity index (χ3n) is 5.29. The number of carbonyl (C=O) groups is 2. The van der Waals surface area contributed by atoms with E-state index in [0.717, 1.165) is 40.1 Å². The number of aromatic nitrogens is 4. The number of esters is 1. The monoisotopic (exact) mass is 446 g/mol. The number of methoxy groups -OCH3 is 1. The van der Waals surface area contributed by atoms with Crippen molar-refractivity contribution >= 4 is 35.1 Å². The molecule has 1 aliphatic carbocycles. The minimum absolute atomic E-state index is 0.231. The van der Waals surface area contributed by atoms with Crippen molar-refractivity contribution in [1.29, 1.82) is 0 Å². The van der Waals surface area contributed by atoms with Gasteiger partial charge in [-0.25, -0.2) is 4.79 Å². The van der Waals surface area contributed by atoms with Crippen LogP contribution in [0.1, 0.15) is 61.5 Å². The fraction of sp³-hybridized carbons (Fsp3) is 0.450. The number of nitrogens with one attached hydrogen (secondary N) is 1. The maximum atomic E-state index is 12.3. The Morgan fingerprint density at radius 2 is 2.00 bits per heavy atom. The van der Waals surface area contributed by atoms with Crippen molar-refractivity contribution in [1.82, 2.24) is 20.6 Å². The van der Waals surface area contributed by atoms with Crippen molar-refractivity contribution in [3.8, 4) is 0 Å². The Balaban J connectivity index is 1.98. The Hall–Kier alpha value is -2.59. The zero-order valence-corrected chi connectivity index (χ0v) is 18.6. The second-order valence-electron chi connectivity index (χ2n) is 7.63. The van der Waals surface area contributed by atoms with E-state index >= 15 is 0 Å². The fourth-order valence-corrected chi connectivity index (χ4v) is 6.60. The summed E-state index contributed by atoms with van der Waals surface area (Å²) in [6, 6.07) is 4.02. The van der Waals surface area contributed by atoms with Gasteiger partial charge in [0, 0.05) is 14.6 Å². The van der Waals surface area contributed by atoms with Gasteiger partial charge in [0.25, 0.3) is 6.47 Å². The molecule has 0 saturated heterocycles. The lowest BCUT2D eigenvalue weighted by Gasteiger charge is -2.32. The molecule has 1 atom stereocenters. The number of hydrogen-bond donors (Lipinski definition) is 1. The number of tetrazole rings is 1. The van der Waals surface area contributed by atoms with Gasteiger partial charge in [-0.15, -0.1) is 32.9 Å². The van der Waals surface area contributed by atoms with E-state index < -0.39 is 5.41 Å². The molecular weight excluding hydrogens is 424 g/mol. The lowest BCUT2D eigenvalue weighted by molar-refractivity contribution is -0.129. The van der Waals surface area contributed by atoms with Crippen molar-refractivity contribution in [3.05, 3.63) is 48.6 Å². The van der Waals surface area contributed by atoms with Crippen LogP contribution in [0.4, 0.5) is 0 Å². The van der Waals surface area contributed by atoms with Crippen LogP contribution in [0.3, 0.4) is 0 Å². The molecule has 0 aliphatic heterocycles. The molecule has 0 spiro atoms. The number of fused-ring (bicyclic) bond motifs is 2.